The van der Waals surface area contributed by atoms with Crippen molar-refractivity contribution >= 4 is 12.4 Å². The number of nitrogens with one attached hydrogen (secondary N) is 1. The number of nitrogens with zero attached hydrogens (tertiary/aromatic N) is 1. The molecule has 2 atom stereocenters. The summed E-state index contributed by atoms with van der Waals surface area (Å²) in [5.74, 6) is 1.88. The van der Waals surface area contributed by atoms with Crippen molar-refractivity contribution in [2.45, 2.75) is 77.2 Å². The topological polar surface area (TPSA) is 63.5 Å². The molecule has 0 saturated heterocycles. The molecule has 0 aliphatic carbocycles. The maximum atomic E-state index is 10.3. The van der Waals surface area contributed by atoms with Crippen LogP contribution in [0.5, 0.6) is 17.2 Å². The van der Waals surface area contributed by atoms with Gasteiger partial charge in [-0.25, -0.2) is 0 Å². The van der Waals surface area contributed by atoms with Crippen molar-refractivity contribution in [3.05, 3.63) is 17.7 Å². The van der Waals surface area contributed by atoms with E-state index in [0.717, 1.165) is 24.8 Å². The molecule has 0 aliphatic rings. The van der Waals surface area contributed by atoms with Gasteiger partial charge in [0.1, 0.15) is 0 Å². The maximum absolute atomic E-state index is 10.3. The van der Waals surface area contributed by atoms with E-state index in [4.69, 9.17) is 14.2 Å². The van der Waals surface area contributed by atoms with Gasteiger partial charge < -0.3 is 19.5 Å². The summed E-state index contributed by atoms with van der Waals surface area (Å²) in [6.45, 7) is 6.46. The standard InChI is InChI=1S/C24H40N2O3.ClH/c1-8-9-10-11-12-20(26-4)13-14-24(17-25,18(2)3)19-15-21(27-5)23(29-7)22(16-19)28-6;/h15-16,18,20,26H,8-14H2,1-7H3;1H. The van der Waals surface area contributed by atoms with Crippen LogP contribution < -0.4 is 19.5 Å². The highest BCUT2D eigenvalue weighted by atomic mass is 35.5. The number of nitriles is 1. The van der Waals surface area contributed by atoms with E-state index in [1.165, 1.54) is 25.7 Å². The Kier molecular flexibility index (Phi) is 13.6. The number of ether oxygens (including phenoxy) is 3. The third-order valence-electron chi connectivity index (χ3n) is 6.07. The third-order valence-corrected chi connectivity index (χ3v) is 6.07. The van der Waals surface area contributed by atoms with E-state index in [1.807, 2.05) is 19.2 Å². The van der Waals surface area contributed by atoms with Crippen molar-refractivity contribution in [2.75, 3.05) is 28.4 Å². The van der Waals surface area contributed by atoms with Gasteiger partial charge in [0, 0.05) is 6.04 Å². The SMILES string of the molecule is CCCCCCC(CCC(C#N)(c1cc(OC)c(OC)c(OC)c1)C(C)C)NC.Cl. The summed E-state index contributed by atoms with van der Waals surface area (Å²) in [6, 6.07) is 6.93. The number of rotatable bonds is 14. The molecule has 5 nitrogen and oxygen atoms in total. The van der Waals surface area contributed by atoms with E-state index in [9.17, 15) is 5.26 Å². The molecule has 1 aromatic carbocycles. The summed E-state index contributed by atoms with van der Waals surface area (Å²) in [5.41, 5.74) is 0.302. The Balaban J connectivity index is 0.00000841. The van der Waals surface area contributed by atoms with Gasteiger partial charge in [-0.2, -0.15) is 5.26 Å². The molecule has 0 radical (unpaired) electrons. The van der Waals surface area contributed by atoms with Crippen molar-refractivity contribution in [3.8, 4) is 23.3 Å². The molecule has 2 unspecified atom stereocenters. The van der Waals surface area contributed by atoms with Crippen LogP contribution in [-0.4, -0.2) is 34.4 Å². The molecule has 30 heavy (non-hydrogen) atoms. The fourth-order valence-electron chi connectivity index (χ4n) is 4.01. The second-order valence-electron chi connectivity index (χ2n) is 8.03. The zero-order chi connectivity index (χ0) is 21.9. The van der Waals surface area contributed by atoms with Gasteiger partial charge in [-0.1, -0.05) is 46.5 Å². The first kappa shape index (κ1) is 28.4. The van der Waals surface area contributed by atoms with Gasteiger partial charge in [-0.3, -0.25) is 0 Å². The van der Waals surface area contributed by atoms with Crippen molar-refractivity contribution in [2.24, 2.45) is 5.92 Å². The largest absolute Gasteiger partial charge is 0.493 e. The van der Waals surface area contributed by atoms with E-state index in [2.05, 4.69) is 32.2 Å². The highest BCUT2D eigenvalue weighted by molar-refractivity contribution is 5.85. The van der Waals surface area contributed by atoms with Crippen molar-refractivity contribution in [1.82, 2.24) is 5.32 Å². The molecule has 0 heterocycles. The van der Waals surface area contributed by atoms with Crippen LogP contribution in [0.1, 0.15) is 71.3 Å². The van der Waals surface area contributed by atoms with Gasteiger partial charge in [-0.05, 0) is 49.9 Å². The molecule has 0 saturated carbocycles. The van der Waals surface area contributed by atoms with Crippen LogP contribution in [0.3, 0.4) is 0 Å². The number of hydrogen-bond donors (Lipinski definition) is 1. The summed E-state index contributed by atoms with van der Waals surface area (Å²) in [6.07, 6.45) is 7.90. The number of halogens is 1. The maximum Gasteiger partial charge on any atom is 0.203 e. The van der Waals surface area contributed by atoms with Gasteiger partial charge in [0.15, 0.2) is 11.5 Å². The second-order valence-corrected chi connectivity index (χ2v) is 8.03. The summed E-state index contributed by atoms with van der Waals surface area (Å²) in [7, 11) is 6.83. The second kappa shape index (κ2) is 14.4. The predicted octanol–water partition coefficient (Wildman–Crippen LogP) is 5.89. The Morgan fingerprint density at radius 1 is 1.00 bits per heavy atom. The van der Waals surface area contributed by atoms with Gasteiger partial charge in [0.2, 0.25) is 5.75 Å². The molecule has 1 rings (SSSR count). The fraction of sp³-hybridized carbons (Fsp3) is 0.708. The Bertz CT molecular complexity index is 635. The Labute approximate surface area is 189 Å². The third kappa shape index (κ3) is 6.96. The average Bonchev–Trinajstić information content (AvgIpc) is 2.74. The van der Waals surface area contributed by atoms with E-state index >= 15 is 0 Å². The molecule has 0 amide bonds. The van der Waals surface area contributed by atoms with Crippen LogP contribution in [-0.2, 0) is 5.41 Å². The van der Waals surface area contributed by atoms with Crippen LogP contribution in [0, 0.1) is 17.2 Å². The van der Waals surface area contributed by atoms with E-state index in [0.29, 0.717) is 23.3 Å². The smallest absolute Gasteiger partial charge is 0.203 e. The van der Waals surface area contributed by atoms with Crippen molar-refractivity contribution in [1.29, 1.82) is 5.26 Å². The summed E-state index contributed by atoms with van der Waals surface area (Å²) < 4.78 is 16.5. The fourth-order valence-corrected chi connectivity index (χ4v) is 4.01. The molecule has 0 aromatic heterocycles. The number of benzene rings is 1. The minimum absolute atomic E-state index is 0. The van der Waals surface area contributed by atoms with E-state index in [-0.39, 0.29) is 18.3 Å². The minimum Gasteiger partial charge on any atom is -0.493 e. The quantitative estimate of drug-likeness (QED) is 0.365. The first-order valence-corrected chi connectivity index (χ1v) is 10.8. The Morgan fingerprint density at radius 2 is 1.60 bits per heavy atom. The van der Waals surface area contributed by atoms with Gasteiger partial charge in [0.25, 0.3) is 0 Å². The zero-order valence-electron chi connectivity index (χ0n) is 19.8. The molecule has 0 aliphatic heterocycles. The number of methoxy groups -OCH3 is 3. The summed E-state index contributed by atoms with van der Waals surface area (Å²) >= 11 is 0. The van der Waals surface area contributed by atoms with Crippen LogP contribution in [0.15, 0.2) is 12.1 Å². The highest BCUT2D eigenvalue weighted by Crippen LogP contribution is 2.45. The molecule has 1 N–H and O–H groups in total. The lowest BCUT2D eigenvalue weighted by molar-refractivity contribution is 0.310. The monoisotopic (exact) mass is 440 g/mol. The number of unbranched alkanes of at least 4 members (excludes halogenated alkanes) is 3. The van der Waals surface area contributed by atoms with Crippen LogP contribution in [0.2, 0.25) is 0 Å². The van der Waals surface area contributed by atoms with Crippen LogP contribution in [0.4, 0.5) is 0 Å². The molecule has 1 aromatic rings. The van der Waals surface area contributed by atoms with Gasteiger partial charge in [-0.15, -0.1) is 12.4 Å². The molecule has 0 spiro atoms. The van der Waals surface area contributed by atoms with Crippen molar-refractivity contribution in [3.63, 3.8) is 0 Å². The van der Waals surface area contributed by atoms with Crippen molar-refractivity contribution < 1.29 is 14.2 Å². The number of hydrogen-bond acceptors (Lipinski definition) is 5. The molecular weight excluding hydrogens is 400 g/mol. The highest BCUT2D eigenvalue weighted by Gasteiger charge is 2.38. The minimum atomic E-state index is -0.620. The van der Waals surface area contributed by atoms with E-state index in [1.54, 1.807) is 21.3 Å². The lowest BCUT2D eigenvalue weighted by Gasteiger charge is -2.33. The lowest BCUT2D eigenvalue weighted by atomic mass is 9.69. The van der Waals surface area contributed by atoms with Crippen LogP contribution >= 0.6 is 12.4 Å². The zero-order valence-corrected chi connectivity index (χ0v) is 20.7. The predicted molar refractivity (Wildman–Crippen MR) is 126 cm³/mol. The van der Waals surface area contributed by atoms with E-state index < -0.39 is 5.41 Å². The van der Waals surface area contributed by atoms with Crippen LogP contribution in [0.25, 0.3) is 0 Å². The summed E-state index contributed by atoms with van der Waals surface area (Å²) in [5, 5.41) is 13.8. The molecular formula is C24H41ClN2O3. The lowest BCUT2D eigenvalue weighted by Crippen LogP contribution is -2.34. The molecule has 6 heteroatoms. The average molecular weight is 441 g/mol. The normalized spacial score (nSPS) is 13.7. The molecule has 0 fully saturated rings. The first-order valence-electron chi connectivity index (χ1n) is 10.8. The molecule has 0 bridgehead atoms. The Morgan fingerprint density at radius 3 is 2.00 bits per heavy atom. The summed E-state index contributed by atoms with van der Waals surface area (Å²) in [4.78, 5) is 0. The molecule has 172 valence electrons. The first-order chi connectivity index (χ1) is 13.9. The van der Waals surface area contributed by atoms with Gasteiger partial charge >= 0.3 is 0 Å². The van der Waals surface area contributed by atoms with Gasteiger partial charge in [0.05, 0.1) is 32.8 Å². The Hall–Kier alpha value is -1.64.